The van der Waals surface area contributed by atoms with Gasteiger partial charge in [-0.05, 0) is 44.0 Å². The van der Waals surface area contributed by atoms with E-state index in [2.05, 4.69) is 32.2 Å². The lowest BCUT2D eigenvalue weighted by Crippen LogP contribution is -2.29. The summed E-state index contributed by atoms with van der Waals surface area (Å²) in [5.74, 6) is 0.833. The van der Waals surface area contributed by atoms with E-state index in [1.165, 1.54) is 11.8 Å². The van der Waals surface area contributed by atoms with E-state index in [9.17, 15) is 4.79 Å². The number of nitrogens with one attached hydrogen (secondary N) is 1. The SMILES string of the molecule is CC(C)NC(=O)CCCSc1nnc2c3ccccc3n(Cc3cccc(Cl)c3)c2n1. The topological polar surface area (TPSA) is 72.7 Å². The maximum absolute atomic E-state index is 11.8. The van der Waals surface area contributed by atoms with Gasteiger partial charge in [0.2, 0.25) is 11.1 Å². The second kappa shape index (κ2) is 9.66. The Morgan fingerprint density at radius 1 is 1.16 bits per heavy atom. The number of hydrogen-bond acceptors (Lipinski definition) is 5. The minimum Gasteiger partial charge on any atom is -0.354 e. The van der Waals surface area contributed by atoms with Gasteiger partial charge in [-0.3, -0.25) is 4.79 Å². The van der Waals surface area contributed by atoms with Crippen molar-refractivity contribution >= 4 is 51.3 Å². The van der Waals surface area contributed by atoms with Crippen molar-refractivity contribution in [2.45, 2.75) is 44.4 Å². The van der Waals surface area contributed by atoms with Crippen molar-refractivity contribution in [2.24, 2.45) is 0 Å². The van der Waals surface area contributed by atoms with Gasteiger partial charge >= 0.3 is 0 Å². The number of halogens is 1. The molecule has 0 unspecified atom stereocenters. The van der Waals surface area contributed by atoms with Gasteiger partial charge in [-0.2, -0.15) is 0 Å². The molecule has 0 bridgehead atoms. The number of aromatic nitrogens is 4. The van der Waals surface area contributed by atoms with Gasteiger partial charge in [0.15, 0.2) is 5.65 Å². The molecule has 4 aromatic rings. The fourth-order valence-electron chi connectivity index (χ4n) is 3.52. The number of benzene rings is 2. The molecule has 0 aliphatic heterocycles. The first-order valence-corrected chi connectivity index (χ1v) is 11.7. The summed E-state index contributed by atoms with van der Waals surface area (Å²) in [5.41, 5.74) is 3.75. The highest BCUT2D eigenvalue weighted by Crippen LogP contribution is 2.28. The molecule has 0 atom stereocenters. The lowest BCUT2D eigenvalue weighted by molar-refractivity contribution is -0.121. The molecule has 4 rings (SSSR count). The number of fused-ring (bicyclic) bond motifs is 3. The van der Waals surface area contributed by atoms with Gasteiger partial charge in [0.25, 0.3) is 0 Å². The minimum atomic E-state index is 0.0757. The molecule has 2 aromatic heterocycles. The molecular formula is C23H24ClN5OS. The number of nitrogens with zero attached hydrogens (tertiary/aromatic N) is 4. The Bertz CT molecular complexity index is 1220. The Kier molecular flexibility index (Phi) is 6.73. The highest BCUT2D eigenvalue weighted by Gasteiger charge is 2.15. The van der Waals surface area contributed by atoms with Crippen molar-refractivity contribution in [3.05, 3.63) is 59.1 Å². The minimum absolute atomic E-state index is 0.0757. The van der Waals surface area contributed by atoms with Gasteiger partial charge in [0.05, 0.1) is 5.52 Å². The third-order valence-electron chi connectivity index (χ3n) is 4.81. The number of rotatable bonds is 8. The van der Waals surface area contributed by atoms with Gasteiger partial charge in [-0.15, -0.1) is 10.2 Å². The zero-order valence-electron chi connectivity index (χ0n) is 17.5. The predicted molar refractivity (Wildman–Crippen MR) is 127 cm³/mol. The fourth-order valence-corrected chi connectivity index (χ4v) is 4.45. The summed E-state index contributed by atoms with van der Waals surface area (Å²) in [4.78, 5) is 16.6. The molecule has 1 amide bonds. The molecule has 8 heteroatoms. The Balaban J connectivity index is 1.58. The number of thioether (sulfide) groups is 1. The maximum atomic E-state index is 11.8. The summed E-state index contributed by atoms with van der Waals surface area (Å²) < 4.78 is 2.16. The first-order chi connectivity index (χ1) is 15.0. The molecule has 0 radical (unpaired) electrons. The van der Waals surface area contributed by atoms with Crippen LogP contribution in [0.2, 0.25) is 5.02 Å². The molecule has 1 N–H and O–H groups in total. The second-order valence-electron chi connectivity index (χ2n) is 7.67. The van der Waals surface area contributed by atoms with Crippen molar-refractivity contribution in [3.8, 4) is 0 Å². The van der Waals surface area contributed by atoms with Crippen LogP contribution in [-0.2, 0) is 11.3 Å². The molecule has 0 saturated heterocycles. The molecule has 6 nitrogen and oxygen atoms in total. The molecule has 0 fully saturated rings. The van der Waals surface area contributed by atoms with Crippen molar-refractivity contribution < 1.29 is 4.79 Å². The van der Waals surface area contributed by atoms with Crippen molar-refractivity contribution in [2.75, 3.05) is 5.75 Å². The van der Waals surface area contributed by atoms with E-state index in [1.54, 1.807) is 0 Å². The van der Waals surface area contributed by atoms with Crippen LogP contribution in [0, 0.1) is 0 Å². The van der Waals surface area contributed by atoms with Crippen LogP contribution in [0.1, 0.15) is 32.3 Å². The van der Waals surface area contributed by atoms with E-state index in [1.807, 2.05) is 50.2 Å². The Labute approximate surface area is 190 Å². The Morgan fingerprint density at radius 3 is 2.81 bits per heavy atom. The van der Waals surface area contributed by atoms with Crippen LogP contribution in [0.15, 0.2) is 53.7 Å². The predicted octanol–water partition coefficient (Wildman–Crippen LogP) is 5.08. The van der Waals surface area contributed by atoms with Crippen molar-refractivity contribution in [1.29, 1.82) is 0 Å². The maximum Gasteiger partial charge on any atom is 0.220 e. The van der Waals surface area contributed by atoms with E-state index in [4.69, 9.17) is 16.6 Å². The van der Waals surface area contributed by atoms with Gasteiger partial charge in [0.1, 0.15) is 5.52 Å². The van der Waals surface area contributed by atoms with Crippen LogP contribution in [-0.4, -0.2) is 37.5 Å². The lowest BCUT2D eigenvalue weighted by atomic mass is 10.2. The van der Waals surface area contributed by atoms with E-state index in [0.29, 0.717) is 23.1 Å². The lowest BCUT2D eigenvalue weighted by Gasteiger charge is -2.08. The molecule has 2 heterocycles. The van der Waals surface area contributed by atoms with Gasteiger partial charge in [-0.1, -0.05) is 53.7 Å². The Morgan fingerprint density at radius 2 is 2.00 bits per heavy atom. The van der Waals surface area contributed by atoms with Crippen LogP contribution in [0.4, 0.5) is 0 Å². The normalized spacial score (nSPS) is 11.5. The molecular weight excluding hydrogens is 430 g/mol. The quantitative estimate of drug-likeness (QED) is 0.297. The number of carbonyl (C=O) groups excluding carboxylic acids is 1. The number of amides is 1. The second-order valence-corrected chi connectivity index (χ2v) is 9.17. The molecule has 0 aliphatic carbocycles. The summed E-state index contributed by atoms with van der Waals surface area (Å²) in [6.07, 6.45) is 1.26. The monoisotopic (exact) mass is 453 g/mol. The van der Waals surface area contributed by atoms with Crippen molar-refractivity contribution in [3.63, 3.8) is 0 Å². The molecule has 2 aromatic carbocycles. The number of para-hydroxylation sites is 1. The molecule has 160 valence electrons. The fraction of sp³-hybridized carbons (Fsp3) is 0.304. The summed E-state index contributed by atoms with van der Waals surface area (Å²) in [6.45, 7) is 4.57. The van der Waals surface area contributed by atoms with E-state index < -0.39 is 0 Å². The van der Waals surface area contributed by atoms with Crippen LogP contribution in [0.25, 0.3) is 22.1 Å². The molecule has 0 saturated carbocycles. The standard InChI is InChI=1S/C23H24ClN5OS/c1-15(2)25-20(30)11-6-12-31-23-26-22-21(27-28-23)18-9-3-4-10-19(18)29(22)14-16-7-5-8-17(24)13-16/h3-5,7-10,13,15H,6,11-12,14H2,1-2H3,(H,25,30). The van der Waals surface area contributed by atoms with E-state index >= 15 is 0 Å². The summed E-state index contributed by atoms with van der Waals surface area (Å²) in [7, 11) is 0. The first-order valence-electron chi connectivity index (χ1n) is 10.3. The zero-order chi connectivity index (χ0) is 21.8. The average Bonchev–Trinajstić information content (AvgIpc) is 3.04. The van der Waals surface area contributed by atoms with Crippen LogP contribution >= 0.6 is 23.4 Å². The molecule has 0 aliphatic rings. The van der Waals surface area contributed by atoms with E-state index in [-0.39, 0.29) is 11.9 Å². The van der Waals surface area contributed by atoms with Crippen molar-refractivity contribution in [1.82, 2.24) is 25.1 Å². The van der Waals surface area contributed by atoms with Crippen LogP contribution in [0.5, 0.6) is 0 Å². The summed E-state index contributed by atoms with van der Waals surface area (Å²) >= 11 is 7.71. The summed E-state index contributed by atoms with van der Waals surface area (Å²) in [6, 6.07) is 16.1. The largest absolute Gasteiger partial charge is 0.354 e. The third kappa shape index (κ3) is 5.17. The van der Waals surface area contributed by atoms with Gasteiger partial charge < -0.3 is 9.88 Å². The van der Waals surface area contributed by atoms with Crippen LogP contribution in [0.3, 0.4) is 0 Å². The first kappa shape index (κ1) is 21.6. The number of carbonyl (C=O) groups is 1. The van der Waals surface area contributed by atoms with Gasteiger partial charge in [0, 0.05) is 35.2 Å². The highest BCUT2D eigenvalue weighted by molar-refractivity contribution is 7.99. The smallest absolute Gasteiger partial charge is 0.220 e. The third-order valence-corrected chi connectivity index (χ3v) is 5.97. The molecule has 31 heavy (non-hydrogen) atoms. The van der Waals surface area contributed by atoms with E-state index in [0.717, 1.165) is 39.8 Å². The molecule has 0 spiro atoms. The summed E-state index contributed by atoms with van der Waals surface area (Å²) in [5, 5.41) is 14.1. The van der Waals surface area contributed by atoms with Crippen LogP contribution < -0.4 is 5.32 Å². The number of hydrogen-bond donors (Lipinski definition) is 1. The Hall–Kier alpha value is -2.64. The highest BCUT2D eigenvalue weighted by atomic mass is 35.5. The van der Waals surface area contributed by atoms with Gasteiger partial charge in [-0.25, -0.2) is 4.98 Å². The average molecular weight is 454 g/mol. The zero-order valence-corrected chi connectivity index (χ0v) is 19.1.